The SMILES string of the molecule is CCN(CC(=O)NC(C)(C)C)C(=O)c1cc(F)c(F)c(O)c1F. The van der Waals surface area contributed by atoms with E-state index < -0.39 is 46.1 Å². The number of nitrogens with zero attached hydrogens (tertiary/aromatic N) is 1. The molecule has 0 heterocycles. The molecule has 0 atom stereocenters. The van der Waals surface area contributed by atoms with Crippen LogP contribution in [0.25, 0.3) is 0 Å². The topological polar surface area (TPSA) is 69.6 Å². The van der Waals surface area contributed by atoms with E-state index in [4.69, 9.17) is 5.11 Å². The largest absolute Gasteiger partial charge is 0.503 e. The summed E-state index contributed by atoms with van der Waals surface area (Å²) in [5, 5.41) is 11.8. The minimum absolute atomic E-state index is 0.0373. The molecule has 128 valence electrons. The lowest BCUT2D eigenvalue weighted by Gasteiger charge is -2.25. The third-order valence-corrected chi connectivity index (χ3v) is 2.88. The van der Waals surface area contributed by atoms with Gasteiger partial charge in [0.05, 0.1) is 12.1 Å². The molecule has 0 spiro atoms. The molecule has 2 N–H and O–H groups in total. The van der Waals surface area contributed by atoms with Gasteiger partial charge in [0, 0.05) is 12.1 Å². The molecule has 5 nitrogen and oxygen atoms in total. The predicted molar refractivity (Wildman–Crippen MR) is 77.5 cm³/mol. The second kappa shape index (κ2) is 6.89. The Labute approximate surface area is 132 Å². The number of hydrogen-bond donors (Lipinski definition) is 2. The number of phenolic OH excluding ortho intramolecular Hbond substituents is 1. The van der Waals surface area contributed by atoms with Gasteiger partial charge in [-0.15, -0.1) is 0 Å². The van der Waals surface area contributed by atoms with E-state index in [1.807, 2.05) is 0 Å². The summed E-state index contributed by atoms with van der Waals surface area (Å²) in [6.07, 6.45) is 0. The second-order valence-electron chi connectivity index (χ2n) is 6.00. The summed E-state index contributed by atoms with van der Waals surface area (Å²) in [4.78, 5) is 25.0. The number of hydrogen-bond acceptors (Lipinski definition) is 3. The molecular weight excluding hydrogens is 313 g/mol. The molecule has 0 aromatic heterocycles. The Morgan fingerprint density at radius 2 is 1.78 bits per heavy atom. The van der Waals surface area contributed by atoms with Crippen molar-refractivity contribution in [3.05, 3.63) is 29.1 Å². The van der Waals surface area contributed by atoms with Gasteiger partial charge in [-0.2, -0.15) is 4.39 Å². The molecule has 0 saturated heterocycles. The number of benzene rings is 1. The fraction of sp³-hybridized carbons (Fsp3) is 0.467. The van der Waals surface area contributed by atoms with E-state index >= 15 is 0 Å². The normalized spacial score (nSPS) is 11.3. The van der Waals surface area contributed by atoms with Crippen LogP contribution in [0.1, 0.15) is 38.1 Å². The second-order valence-corrected chi connectivity index (χ2v) is 6.00. The van der Waals surface area contributed by atoms with Crippen LogP contribution in [-0.2, 0) is 4.79 Å². The Kier molecular flexibility index (Phi) is 5.63. The van der Waals surface area contributed by atoms with Crippen LogP contribution in [0.4, 0.5) is 13.2 Å². The van der Waals surface area contributed by atoms with E-state index in [1.54, 1.807) is 27.7 Å². The molecule has 0 radical (unpaired) electrons. The molecule has 0 unspecified atom stereocenters. The third kappa shape index (κ3) is 4.61. The van der Waals surface area contributed by atoms with Gasteiger partial charge < -0.3 is 15.3 Å². The van der Waals surface area contributed by atoms with Gasteiger partial charge in [0.15, 0.2) is 17.4 Å². The van der Waals surface area contributed by atoms with Gasteiger partial charge in [-0.1, -0.05) is 0 Å². The highest BCUT2D eigenvalue weighted by atomic mass is 19.2. The Morgan fingerprint density at radius 1 is 1.22 bits per heavy atom. The van der Waals surface area contributed by atoms with E-state index in [0.29, 0.717) is 6.07 Å². The highest BCUT2D eigenvalue weighted by Crippen LogP contribution is 2.26. The van der Waals surface area contributed by atoms with Crippen molar-refractivity contribution < 1.29 is 27.9 Å². The molecule has 1 rings (SSSR count). The van der Waals surface area contributed by atoms with Gasteiger partial charge in [0.2, 0.25) is 11.7 Å². The molecule has 2 amide bonds. The molecule has 0 aliphatic carbocycles. The maximum Gasteiger partial charge on any atom is 0.257 e. The van der Waals surface area contributed by atoms with Crippen LogP contribution < -0.4 is 5.32 Å². The van der Waals surface area contributed by atoms with Gasteiger partial charge in [0.25, 0.3) is 5.91 Å². The number of carbonyl (C=O) groups is 2. The first-order valence-corrected chi connectivity index (χ1v) is 6.94. The number of nitrogens with one attached hydrogen (secondary N) is 1. The Balaban J connectivity index is 3.04. The van der Waals surface area contributed by atoms with Crippen molar-refractivity contribution in [3.63, 3.8) is 0 Å². The van der Waals surface area contributed by atoms with Crippen molar-refractivity contribution in [2.75, 3.05) is 13.1 Å². The van der Waals surface area contributed by atoms with E-state index in [-0.39, 0.29) is 13.1 Å². The average molecular weight is 332 g/mol. The molecule has 1 aromatic carbocycles. The van der Waals surface area contributed by atoms with Crippen molar-refractivity contribution in [2.24, 2.45) is 0 Å². The van der Waals surface area contributed by atoms with Crippen molar-refractivity contribution in [3.8, 4) is 5.75 Å². The van der Waals surface area contributed by atoms with Crippen LogP contribution in [0.3, 0.4) is 0 Å². The molecule has 0 aliphatic rings. The van der Waals surface area contributed by atoms with Crippen molar-refractivity contribution in [2.45, 2.75) is 33.2 Å². The number of carbonyl (C=O) groups excluding carboxylic acids is 2. The monoisotopic (exact) mass is 332 g/mol. The van der Waals surface area contributed by atoms with Crippen LogP contribution in [-0.4, -0.2) is 40.4 Å². The van der Waals surface area contributed by atoms with Crippen molar-refractivity contribution in [1.29, 1.82) is 0 Å². The summed E-state index contributed by atoms with van der Waals surface area (Å²) in [5.74, 6) is -7.97. The number of likely N-dealkylation sites (N-methyl/N-ethyl adjacent to an activating group) is 1. The van der Waals surface area contributed by atoms with Gasteiger partial charge in [-0.25, -0.2) is 8.78 Å². The summed E-state index contributed by atoms with van der Waals surface area (Å²) in [7, 11) is 0. The molecule has 1 aromatic rings. The predicted octanol–water partition coefficient (Wildman–Crippen LogP) is 2.19. The van der Waals surface area contributed by atoms with E-state index in [9.17, 15) is 22.8 Å². The highest BCUT2D eigenvalue weighted by Gasteiger charge is 2.27. The lowest BCUT2D eigenvalue weighted by Crippen LogP contribution is -2.47. The van der Waals surface area contributed by atoms with E-state index in [0.717, 1.165) is 4.90 Å². The summed E-state index contributed by atoms with van der Waals surface area (Å²) in [6.45, 7) is 6.43. The van der Waals surface area contributed by atoms with Gasteiger partial charge in [-0.05, 0) is 33.8 Å². The van der Waals surface area contributed by atoms with Crippen LogP contribution >= 0.6 is 0 Å². The van der Waals surface area contributed by atoms with E-state index in [1.165, 1.54) is 0 Å². The summed E-state index contributed by atoms with van der Waals surface area (Å²) < 4.78 is 40.1. The highest BCUT2D eigenvalue weighted by molar-refractivity contribution is 5.97. The Hall–Kier alpha value is -2.25. The zero-order valence-electron chi connectivity index (χ0n) is 13.3. The molecule has 0 aliphatic heterocycles. The molecule has 0 fully saturated rings. The summed E-state index contributed by atoms with van der Waals surface area (Å²) >= 11 is 0. The molecule has 23 heavy (non-hydrogen) atoms. The fourth-order valence-corrected chi connectivity index (χ4v) is 1.87. The smallest absolute Gasteiger partial charge is 0.257 e. The molecule has 0 saturated carbocycles. The summed E-state index contributed by atoms with van der Waals surface area (Å²) in [5.41, 5.74) is -1.36. The van der Waals surface area contributed by atoms with Crippen molar-refractivity contribution >= 4 is 11.8 Å². The first kappa shape index (κ1) is 18.8. The molecular formula is C15H19F3N2O3. The number of amides is 2. The third-order valence-electron chi connectivity index (χ3n) is 2.88. The number of aromatic hydroxyl groups is 1. The van der Waals surface area contributed by atoms with Gasteiger partial charge in [0.1, 0.15) is 0 Å². The van der Waals surface area contributed by atoms with Crippen LogP contribution in [0.5, 0.6) is 5.75 Å². The zero-order valence-corrected chi connectivity index (χ0v) is 13.3. The Morgan fingerprint density at radius 3 is 2.26 bits per heavy atom. The minimum Gasteiger partial charge on any atom is -0.503 e. The molecule has 8 heteroatoms. The van der Waals surface area contributed by atoms with Crippen LogP contribution in [0, 0.1) is 17.5 Å². The quantitative estimate of drug-likeness (QED) is 0.831. The first-order valence-electron chi connectivity index (χ1n) is 6.94. The maximum atomic E-state index is 13.8. The summed E-state index contributed by atoms with van der Waals surface area (Å²) in [6, 6.07) is 0.358. The average Bonchev–Trinajstić information content (AvgIpc) is 2.43. The zero-order chi connectivity index (χ0) is 17.9. The van der Waals surface area contributed by atoms with Crippen LogP contribution in [0.2, 0.25) is 0 Å². The number of phenols is 1. The standard InChI is InChI=1S/C15H19F3N2O3/c1-5-20(7-10(21)19-15(2,3)4)14(23)8-6-9(16)12(18)13(22)11(8)17/h6,22H,5,7H2,1-4H3,(H,19,21). The van der Waals surface area contributed by atoms with Crippen LogP contribution in [0.15, 0.2) is 6.07 Å². The van der Waals surface area contributed by atoms with Gasteiger partial charge >= 0.3 is 0 Å². The maximum absolute atomic E-state index is 13.8. The van der Waals surface area contributed by atoms with Gasteiger partial charge in [-0.3, -0.25) is 9.59 Å². The lowest BCUT2D eigenvalue weighted by atomic mass is 10.1. The molecule has 0 bridgehead atoms. The number of rotatable bonds is 4. The number of halogens is 3. The fourth-order valence-electron chi connectivity index (χ4n) is 1.87. The lowest BCUT2D eigenvalue weighted by molar-refractivity contribution is -0.123. The Bertz CT molecular complexity index is 627. The minimum atomic E-state index is -1.77. The van der Waals surface area contributed by atoms with E-state index in [2.05, 4.69) is 5.32 Å². The first-order chi connectivity index (χ1) is 10.5. The van der Waals surface area contributed by atoms with Crippen molar-refractivity contribution in [1.82, 2.24) is 10.2 Å².